The summed E-state index contributed by atoms with van der Waals surface area (Å²) in [6.45, 7) is 2.94. The van der Waals surface area contributed by atoms with Crippen LogP contribution in [0, 0.1) is 0 Å². The maximum atomic E-state index is 5.65. The van der Waals surface area contributed by atoms with Crippen LogP contribution in [0.1, 0.15) is 11.1 Å². The minimum atomic E-state index is 0.293. The fourth-order valence-corrected chi connectivity index (χ4v) is 2.35. The van der Waals surface area contributed by atoms with E-state index >= 15 is 0 Å². The zero-order chi connectivity index (χ0) is 15.5. The van der Waals surface area contributed by atoms with Crippen LogP contribution in [0.3, 0.4) is 0 Å². The Morgan fingerprint density at radius 1 is 0.696 bits per heavy atom. The summed E-state index contributed by atoms with van der Waals surface area (Å²) in [6.07, 6.45) is 1.49. The van der Waals surface area contributed by atoms with Crippen molar-refractivity contribution in [3.8, 4) is 11.5 Å². The number of hydrogen-bond acceptors (Lipinski definition) is 4. The molecule has 2 aromatic rings. The molecule has 0 aliphatic carbocycles. The van der Waals surface area contributed by atoms with E-state index < -0.39 is 0 Å². The molecule has 2 aliphatic rings. The van der Waals surface area contributed by atoms with Crippen LogP contribution < -0.4 is 9.47 Å². The highest BCUT2D eigenvalue weighted by Gasteiger charge is 2.23. The molecule has 2 fully saturated rings. The van der Waals surface area contributed by atoms with Gasteiger partial charge in [0.15, 0.2) is 0 Å². The molecule has 23 heavy (non-hydrogen) atoms. The van der Waals surface area contributed by atoms with Crippen molar-refractivity contribution >= 4 is 0 Å². The van der Waals surface area contributed by atoms with Crippen molar-refractivity contribution in [1.29, 1.82) is 0 Å². The summed E-state index contributed by atoms with van der Waals surface area (Å²) >= 11 is 0. The van der Waals surface area contributed by atoms with Crippen LogP contribution in [-0.2, 0) is 15.9 Å². The van der Waals surface area contributed by atoms with Crippen LogP contribution in [0.15, 0.2) is 48.5 Å². The Hall–Kier alpha value is -2.04. The first-order chi connectivity index (χ1) is 11.3. The lowest BCUT2D eigenvalue weighted by Crippen LogP contribution is -2.04. The van der Waals surface area contributed by atoms with E-state index in [9.17, 15) is 0 Å². The molecule has 2 heterocycles. The predicted octanol–water partition coefficient (Wildman–Crippen LogP) is 2.83. The van der Waals surface area contributed by atoms with Crippen molar-refractivity contribution in [3.05, 3.63) is 59.7 Å². The third-order valence-corrected chi connectivity index (χ3v) is 3.93. The maximum Gasteiger partial charge on any atom is 0.119 e. The number of hydrogen-bond donors (Lipinski definition) is 0. The lowest BCUT2D eigenvalue weighted by Gasteiger charge is -2.07. The Labute approximate surface area is 135 Å². The zero-order valence-corrected chi connectivity index (χ0v) is 12.9. The van der Waals surface area contributed by atoms with Gasteiger partial charge in [-0.1, -0.05) is 24.3 Å². The van der Waals surface area contributed by atoms with Crippen molar-refractivity contribution in [2.75, 3.05) is 26.4 Å². The molecule has 4 heteroatoms. The molecule has 0 saturated carbocycles. The molecular formula is C19H20O4. The van der Waals surface area contributed by atoms with Crippen LogP contribution >= 0.6 is 0 Å². The van der Waals surface area contributed by atoms with Gasteiger partial charge in [0.25, 0.3) is 0 Å². The second-order valence-corrected chi connectivity index (χ2v) is 6.00. The summed E-state index contributed by atoms with van der Waals surface area (Å²) < 4.78 is 21.6. The topological polar surface area (TPSA) is 43.5 Å². The van der Waals surface area contributed by atoms with Crippen LogP contribution in [0.4, 0.5) is 0 Å². The highest BCUT2D eigenvalue weighted by Crippen LogP contribution is 2.20. The number of benzene rings is 2. The number of ether oxygens (including phenoxy) is 4. The highest BCUT2D eigenvalue weighted by atomic mass is 16.6. The van der Waals surface area contributed by atoms with E-state index in [0.29, 0.717) is 25.4 Å². The van der Waals surface area contributed by atoms with E-state index in [4.69, 9.17) is 18.9 Å². The smallest absolute Gasteiger partial charge is 0.119 e. The Morgan fingerprint density at radius 2 is 1.09 bits per heavy atom. The molecule has 2 aromatic carbocycles. The third kappa shape index (κ3) is 4.47. The lowest BCUT2D eigenvalue weighted by atomic mass is 10.0. The van der Waals surface area contributed by atoms with E-state index in [1.54, 1.807) is 0 Å². The fourth-order valence-electron chi connectivity index (χ4n) is 2.35. The van der Waals surface area contributed by atoms with Gasteiger partial charge in [0.1, 0.15) is 36.9 Å². The molecular weight excluding hydrogens is 292 g/mol. The average molecular weight is 312 g/mol. The van der Waals surface area contributed by atoms with Gasteiger partial charge in [-0.15, -0.1) is 0 Å². The summed E-state index contributed by atoms with van der Waals surface area (Å²) in [5.41, 5.74) is 2.53. The number of epoxide rings is 2. The van der Waals surface area contributed by atoms with Crippen LogP contribution in [0.25, 0.3) is 0 Å². The molecule has 0 aromatic heterocycles. The second kappa shape index (κ2) is 6.60. The quantitative estimate of drug-likeness (QED) is 0.703. The summed E-state index contributed by atoms with van der Waals surface area (Å²) in [4.78, 5) is 0. The van der Waals surface area contributed by atoms with Gasteiger partial charge in [-0.3, -0.25) is 0 Å². The largest absolute Gasteiger partial charge is 0.491 e. The van der Waals surface area contributed by atoms with E-state index in [1.165, 1.54) is 11.1 Å². The summed E-state index contributed by atoms with van der Waals surface area (Å²) in [6, 6.07) is 16.5. The van der Waals surface area contributed by atoms with Gasteiger partial charge in [0.2, 0.25) is 0 Å². The summed E-state index contributed by atoms with van der Waals surface area (Å²) in [5.74, 6) is 1.80. The van der Waals surface area contributed by atoms with E-state index in [0.717, 1.165) is 31.1 Å². The van der Waals surface area contributed by atoms with Gasteiger partial charge in [0, 0.05) is 0 Å². The molecule has 0 N–H and O–H groups in total. The molecule has 0 amide bonds. The molecule has 2 atom stereocenters. The monoisotopic (exact) mass is 312 g/mol. The van der Waals surface area contributed by atoms with E-state index in [-0.39, 0.29) is 0 Å². The van der Waals surface area contributed by atoms with Gasteiger partial charge < -0.3 is 18.9 Å². The molecule has 4 rings (SSSR count). The van der Waals surface area contributed by atoms with Crippen molar-refractivity contribution in [1.82, 2.24) is 0 Å². The number of rotatable bonds is 8. The van der Waals surface area contributed by atoms with Crippen molar-refractivity contribution < 1.29 is 18.9 Å². The Kier molecular flexibility index (Phi) is 4.18. The van der Waals surface area contributed by atoms with E-state index in [2.05, 4.69) is 24.3 Å². The van der Waals surface area contributed by atoms with Gasteiger partial charge in [-0.05, 0) is 41.8 Å². The first kappa shape index (κ1) is 14.5. The van der Waals surface area contributed by atoms with Crippen LogP contribution in [-0.4, -0.2) is 38.6 Å². The van der Waals surface area contributed by atoms with Crippen molar-refractivity contribution in [2.45, 2.75) is 18.6 Å². The lowest BCUT2D eigenvalue weighted by molar-refractivity contribution is 0.263. The Morgan fingerprint density at radius 3 is 1.43 bits per heavy atom. The Bertz CT molecular complexity index is 570. The van der Waals surface area contributed by atoms with Crippen molar-refractivity contribution in [2.24, 2.45) is 0 Å². The predicted molar refractivity (Wildman–Crippen MR) is 86.2 cm³/mol. The first-order valence-corrected chi connectivity index (χ1v) is 8.02. The standard InChI is InChI=1S/C19H20O4/c1-5-16(20-10-18-12-22-18)6-2-14(1)9-15-3-7-17(8-4-15)21-11-19-13-23-19/h1-8,18-19H,9-13H2/t18-,19?/m1/s1. The van der Waals surface area contributed by atoms with E-state index in [1.807, 2.05) is 24.3 Å². The molecule has 0 radical (unpaired) electrons. The fraction of sp³-hybridized carbons (Fsp3) is 0.368. The molecule has 2 saturated heterocycles. The third-order valence-electron chi connectivity index (χ3n) is 3.93. The molecule has 0 bridgehead atoms. The summed E-state index contributed by atoms with van der Waals surface area (Å²) in [7, 11) is 0. The maximum absolute atomic E-state index is 5.65. The zero-order valence-electron chi connectivity index (χ0n) is 12.9. The van der Waals surface area contributed by atoms with Gasteiger partial charge >= 0.3 is 0 Å². The average Bonchev–Trinajstić information content (AvgIpc) is 3.48. The molecule has 1 unspecified atom stereocenters. The second-order valence-electron chi connectivity index (χ2n) is 6.00. The van der Waals surface area contributed by atoms with Gasteiger partial charge in [-0.2, -0.15) is 0 Å². The molecule has 2 aliphatic heterocycles. The molecule has 4 nitrogen and oxygen atoms in total. The normalized spacial score (nSPS) is 21.7. The van der Waals surface area contributed by atoms with Gasteiger partial charge in [-0.25, -0.2) is 0 Å². The summed E-state index contributed by atoms with van der Waals surface area (Å²) in [5, 5.41) is 0. The van der Waals surface area contributed by atoms with Crippen LogP contribution in [0.2, 0.25) is 0 Å². The minimum Gasteiger partial charge on any atom is -0.491 e. The first-order valence-electron chi connectivity index (χ1n) is 8.02. The highest BCUT2D eigenvalue weighted by molar-refractivity contribution is 5.34. The minimum absolute atomic E-state index is 0.293. The molecule has 0 spiro atoms. The van der Waals surface area contributed by atoms with Crippen LogP contribution in [0.5, 0.6) is 11.5 Å². The van der Waals surface area contributed by atoms with Gasteiger partial charge in [0.05, 0.1) is 13.2 Å². The van der Waals surface area contributed by atoms with Crippen molar-refractivity contribution in [3.63, 3.8) is 0 Å². The SMILES string of the molecule is c1cc(OCC2CO2)ccc1Cc1ccc(OC[C@@H]2CO2)cc1. The molecule has 120 valence electrons. The Balaban J connectivity index is 1.29.